The molecule has 1 aliphatic rings. The molecule has 0 bridgehead atoms. The summed E-state index contributed by atoms with van der Waals surface area (Å²) >= 11 is 0. The van der Waals surface area contributed by atoms with Gasteiger partial charge in [0.15, 0.2) is 0 Å². The number of carbonyl (C=O) groups is 1. The maximum absolute atomic E-state index is 12.9. The van der Waals surface area contributed by atoms with Crippen LogP contribution in [0.4, 0.5) is 11.6 Å². The topological polar surface area (TPSA) is 101 Å². The third-order valence-corrected chi connectivity index (χ3v) is 7.02. The van der Waals surface area contributed by atoms with E-state index >= 15 is 0 Å². The van der Waals surface area contributed by atoms with Crippen LogP contribution in [-0.4, -0.2) is 40.0 Å². The number of aryl methyl sites for hydroxylation is 1. The highest BCUT2D eigenvalue weighted by Crippen LogP contribution is 2.38. The molecule has 3 N–H and O–H groups in total. The molecule has 6 rings (SSSR count). The molecule has 1 atom stereocenters. The summed E-state index contributed by atoms with van der Waals surface area (Å²) in [6, 6.07) is 24.9. The third kappa shape index (κ3) is 6.29. The number of anilines is 2. The Balaban J connectivity index is 0.00000337. The molecule has 2 aromatic heterocycles. The van der Waals surface area contributed by atoms with Gasteiger partial charge in [-0.25, -0.2) is 15.0 Å². The van der Waals surface area contributed by atoms with Crippen LogP contribution in [0, 0.1) is 6.92 Å². The average Bonchev–Trinajstić information content (AvgIpc) is 3.00. The smallest absolute Gasteiger partial charge is 0.255 e. The van der Waals surface area contributed by atoms with Gasteiger partial charge in [-0.1, -0.05) is 42.5 Å². The molecule has 9 heteroatoms. The zero-order valence-corrected chi connectivity index (χ0v) is 23.4. The second-order valence-corrected chi connectivity index (χ2v) is 9.84. The molecule has 41 heavy (non-hydrogen) atoms. The van der Waals surface area contributed by atoms with Crippen molar-refractivity contribution in [3.63, 3.8) is 0 Å². The predicted octanol–water partition coefficient (Wildman–Crippen LogP) is 6.63. The molecule has 1 fully saturated rings. The lowest BCUT2D eigenvalue weighted by molar-refractivity contribution is 0.102. The van der Waals surface area contributed by atoms with Crippen LogP contribution in [0.15, 0.2) is 91.3 Å². The molecule has 0 spiro atoms. The number of hydrogen-bond acceptors (Lipinski definition) is 7. The van der Waals surface area contributed by atoms with Crippen molar-refractivity contribution in [2.45, 2.75) is 25.8 Å². The second-order valence-electron chi connectivity index (χ2n) is 9.84. The van der Waals surface area contributed by atoms with E-state index in [1.54, 1.807) is 24.5 Å². The summed E-state index contributed by atoms with van der Waals surface area (Å²) in [7, 11) is 0. The lowest BCUT2D eigenvalue weighted by Crippen LogP contribution is -2.38. The van der Waals surface area contributed by atoms with E-state index < -0.39 is 0 Å². The molecule has 3 aromatic carbocycles. The minimum absolute atomic E-state index is 0. The van der Waals surface area contributed by atoms with Crippen molar-refractivity contribution in [2.24, 2.45) is 0 Å². The van der Waals surface area contributed by atoms with Gasteiger partial charge in [0.25, 0.3) is 5.91 Å². The minimum atomic E-state index is -0.166. The Morgan fingerprint density at radius 2 is 1.80 bits per heavy atom. The van der Waals surface area contributed by atoms with E-state index in [4.69, 9.17) is 9.72 Å². The summed E-state index contributed by atoms with van der Waals surface area (Å²) in [6.45, 7) is 3.93. The van der Waals surface area contributed by atoms with E-state index in [-0.39, 0.29) is 18.3 Å². The first-order valence-electron chi connectivity index (χ1n) is 13.5. The van der Waals surface area contributed by atoms with Crippen molar-refractivity contribution in [1.82, 2.24) is 20.3 Å². The summed E-state index contributed by atoms with van der Waals surface area (Å²) in [5, 5.41) is 11.7. The molecule has 1 unspecified atom stereocenters. The molecule has 1 aliphatic heterocycles. The van der Waals surface area contributed by atoms with Gasteiger partial charge in [0.2, 0.25) is 11.8 Å². The summed E-state index contributed by atoms with van der Waals surface area (Å²) in [5.74, 6) is 1.54. The first kappa shape index (κ1) is 28.0. The van der Waals surface area contributed by atoms with Crippen LogP contribution >= 0.6 is 12.4 Å². The largest absolute Gasteiger partial charge is 0.437 e. The number of ether oxygens (including phenoxy) is 1. The van der Waals surface area contributed by atoms with Gasteiger partial charge in [0.1, 0.15) is 5.75 Å². The molecule has 5 aromatic rings. The fraction of sp³-hybridized carbons (Fsp3) is 0.188. The second kappa shape index (κ2) is 12.8. The van der Waals surface area contributed by atoms with Gasteiger partial charge in [0, 0.05) is 47.0 Å². The van der Waals surface area contributed by atoms with E-state index in [9.17, 15) is 4.79 Å². The lowest BCUT2D eigenvalue weighted by atomic mass is 10.0. The number of nitrogens with zero attached hydrogens (tertiary/aromatic N) is 3. The molecule has 208 valence electrons. The van der Waals surface area contributed by atoms with Crippen LogP contribution in [0.1, 0.15) is 28.8 Å². The number of carbonyl (C=O) groups excluding carboxylic acids is 1. The van der Waals surface area contributed by atoms with Gasteiger partial charge >= 0.3 is 0 Å². The Morgan fingerprint density at radius 3 is 2.63 bits per heavy atom. The maximum atomic E-state index is 12.9. The molecule has 1 amide bonds. The summed E-state index contributed by atoms with van der Waals surface area (Å²) in [4.78, 5) is 26.7. The summed E-state index contributed by atoms with van der Waals surface area (Å²) in [5.41, 5.74) is 3.74. The number of aromatic nitrogens is 3. The number of fused-ring (bicyclic) bond motifs is 1. The van der Waals surface area contributed by atoms with Gasteiger partial charge in [-0.3, -0.25) is 4.79 Å². The monoisotopic (exact) mass is 566 g/mol. The lowest BCUT2D eigenvalue weighted by Gasteiger charge is -2.23. The highest BCUT2D eigenvalue weighted by Gasteiger charge is 2.18. The molecule has 8 nitrogen and oxygen atoms in total. The molecular weight excluding hydrogens is 536 g/mol. The number of piperidine rings is 1. The predicted molar refractivity (Wildman–Crippen MR) is 165 cm³/mol. The van der Waals surface area contributed by atoms with Gasteiger partial charge in [0.05, 0.1) is 11.3 Å². The normalized spacial score (nSPS) is 14.6. The Bertz CT molecular complexity index is 1660. The van der Waals surface area contributed by atoms with Crippen LogP contribution in [-0.2, 0) is 0 Å². The van der Waals surface area contributed by atoms with Crippen LogP contribution in [0.3, 0.4) is 0 Å². The number of pyridine rings is 1. The van der Waals surface area contributed by atoms with Crippen LogP contribution in [0.25, 0.3) is 22.0 Å². The van der Waals surface area contributed by atoms with Crippen LogP contribution in [0.2, 0.25) is 0 Å². The number of rotatable bonds is 7. The van der Waals surface area contributed by atoms with Gasteiger partial charge in [-0.2, -0.15) is 0 Å². The maximum Gasteiger partial charge on any atom is 0.255 e. The first-order chi connectivity index (χ1) is 19.7. The SMILES string of the molecule is Cc1ccc2c(NC(=O)c3ccccc3)cccc2c1Oc1ncccc1-c1ccnc(NC2CCCNC2)n1.Cl. The van der Waals surface area contributed by atoms with Gasteiger partial charge in [-0.05, 0) is 68.3 Å². The highest BCUT2D eigenvalue weighted by atomic mass is 35.5. The van der Waals surface area contributed by atoms with Crippen LogP contribution in [0.5, 0.6) is 11.6 Å². The van der Waals surface area contributed by atoms with Crippen molar-refractivity contribution in [2.75, 3.05) is 23.7 Å². The summed E-state index contributed by atoms with van der Waals surface area (Å²) in [6.07, 6.45) is 5.66. The Labute approximate surface area is 245 Å². The molecule has 0 saturated carbocycles. The number of halogens is 1. The molecule has 3 heterocycles. The highest BCUT2D eigenvalue weighted by molar-refractivity contribution is 6.10. The average molecular weight is 567 g/mol. The summed E-state index contributed by atoms with van der Waals surface area (Å²) < 4.78 is 6.53. The van der Waals surface area contributed by atoms with E-state index in [1.807, 2.05) is 73.7 Å². The van der Waals surface area contributed by atoms with E-state index in [1.165, 1.54) is 0 Å². The fourth-order valence-corrected chi connectivity index (χ4v) is 4.97. The number of hydrogen-bond donors (Lipinski definition) is 3. The quantitative estimate of drug-likeness (QED) is 0.203. The third-order valence-electron chi connectivity index (χ3n) is 7.02. The number of amides is 1. The Hall–Kier alpha value is -4.53. The molecule has 0 aliphatic carbocycles. The van der Waals surface area contributed by atoms with E-state index in [0.29, 0.717) is 34.9 Å². The zero-order chi connectivity index (χ0) is 27.3. The zero-order valence-electron chi connectivity index (χ0n) is 22.6. The molecule has 1 saturated heterocycles. The fourth-order valence-electron chi connectivity index (χ4n) is 4.97. The van der Waals surface area contributed by atoms with Gasteiger partial charge in [-0.15, -0.1) is 12.4 Å². The minimum Gasteiger partial charge on any atom is -0.437 e. The standard InChI is InChI=1S/C32H30N6O2.ClH/c1-21-14-15-24-25(11-5-13-27(24)37-30(39)22-8-3-2-4-9-22)29(21)40-31-26(12-7-18-34-31)28-16-19-35-32(38-28)36-23-10-6-17-33-20-23;/h2-5,7-9,11-16,18-19,23,33H,6,10,17,20H2,1H3,(H,37,39)(H,35,36,38);1H. The Kier molecular flexibility index (Phi) is 8.72. The van der Waals surface area contributed by atoms with Crippen molar-refractivity contribution in [3.05, 3.63) is 102 Å². The van der Waals surface area contributed by atoms with E-state index in [2.05, 4.69) is 25.9 Å². The van der Waals surface area contributed by atoms with Crippen molar-refractivity contribution < 1.29 is 9.53 Å². The van der Waals surface area contributed by atoms with E-state index in [0.717, 1.165) is 53.5 Å². The first-order valence-corrected chi connectivity index (χ1v) is 13.5. The molecule has 0 radical (unpaired) electrons. The van der Waals surface area contributed by atoms with Crippen molar-refractivity contribution in [3.8, 4) is 22.9 Å². The Morgan fingerprint density at radius 1 is 0.927 bits per heavy atom. The van der Waals surface area contributed by atoms with Crippen molar-refractivity contribution >= 4 is 40.7 Å². The van der Waals surface area contributed by atoms with Crippen molar-refractivity contribution in [1.29, 1.82) is 0 Å². The van der Waals surface area contributed by atoms with Crippen LogP contribution < -0.4 is 20.7 Å². The molecular formula is C32H31ClN6O2. The number of benzene rings is 3. The van der Waals surface area contributed by atoms with Gasteiger partial charge < -0.3 is 20.7 Å². The number of nitrogens with one attached hydrogen (secondary N) is 3.